The predicted molar refractivity (Wildman–Crippen MR) is 64.6 cm³/mol. The Morgan fingerprint density at radius 1 is 1.30 bits per heavy atom. The van der Waals surface area contributed by atoms with Gasteiger partial charge < -0.3 is 10.1 Å². The summed E-state index contributed by atoms with van der Waals surface area (Å²) in [6, 6.07) is 2.55. The molecule has 1 saturated heterocycles. The van der Waals surface area contributed by atoms with Crippen molar-refractivity contribution < 1.29 is 22.8 Å². The summed E-state index contributed by atoms with van der Waals surface area (Å²) >= 11 is 0. The van der Waals surface area contributed by atoms with Crippen LogP contribution in [-0.2, 0) is 6.18 Å². The molecule has 1 fully saturated rings. The Hall–Kier alpha value is -1.83. The van der Waals surface area contributed by atoms with Crippen molar-refractivity contribution in [1.29, 1.82) is 0 Å². The summed E-state index contributed by atoms with van der Waals surface area (Å²) in [5.74, 6) is -0.352. The fraction of sp³-hybridized carbons (Fsp3) is 0.500. The number of nitro benzene ring substituents is 1. The Balaban J connectivity index is 2.28. The van der Waals surface area contributed by atoms with Crippen molar-refractivity contribution in [2.75, 3.05) is 13.1 Å². The van der Waals surface area contributed by atoms with E-state index < -0.39 is 22.4 Å². The van der Waals surface area contributed by atoms with Gasteiger partial charge in [-0.25, -0.2) is 0 Å². The van der Waals surface area contributed by atoms with E-state index in [9.17, 15) is 23.3 Å². The van der Waals surface area contributed by atoms with Crippen LogP contribution in [0, 0.1) is 10.1 Å². The van der Waals surface area contributed by atoms with E-state index >= 15 is 0 Å². The Bertz CT molecular complexity index is 499. The molecule has 0 aliphatic carbocycles. The lowest BCUT2D eigenvalue weighted by atomic mass is 10.1. The minimum atomic E-state index is -4.69. The number of piperidine rings is 1. The molecule has 1 N–H and O–H groups in total. The first-order valence-corrected chi connectivity index (χ1v) is 6.11. The summed E-state index contributed by atoms with van der Waals surface area (Å²) in [4.78, 5) is 9.71. The molecule has 20 heavy (non-hydrogen) atoms. The van der Waals surface area contributed by atoms with Gasteiger partial charge in [0, 0.05) is 12.1 Å². The number of nitrogens with one attached hydrogen (secondary N) is 1. The SMILES string of the molecule is O=[N+]([O-])c1ccc(OC2CCNCC2)c(C(F)(F)F)c1. The third kappa shape index (κ3) is 3.38. The number of rotatable bonds is 3. The van der Waals surface area contributed by atoms with Gasteiger partial charge in [-0.15, -0.1) is 0 Å². The monoisotopic (exact) mass is 290 g/mol. The second-order valence-corrected chi connectivity index (χ2v) is 4.50. The van der Waals surface area contributed by atoms with Crippen LogP contribution in [0.3, 0.4) is 0 Å². The normalized spacial score (nSPS) is 16.9. The zero-order chi connectivity index (χ0) is 14.8. The number of hydrogen-bond acceptors (Lipinski definition) is 4. The molecule has 5 nitrogen and oxygen atoms in total. The lowest BCUT2D eigenvalue weighted by Gasteiger charge is -2.25. The molecule has 0 radical (unpaired) electrons. The molecular weight excluding hydrogens is 277 g/mol. The van der Waals surface area contributed by atoms with Crippen molar-refractivity contribution in [3.8, 4) is 5.75 Å². The van der Waals surface area contributed by atoms with E-state index in [1.165, 1.54) is 0 Å². The van der Waals surface area contributed by atoms with E-state index in [2.05, 4.69) is 5.32 Å². The van der Waals surface area contributed by atoms with Crippen LogP contribution in [0.2, 0.25) is 0 Å². The van der Waals surface area contributed by atoms with Crippen LogP contribution in [0.1, 0.15) is 18.4 Å². The van der Waals surface area contributed by atoms with Gasteiger partial charge in [0.15, 0.2) is 0 Å². The van der Waals surface area contributed by atoms with Crippen molar-refractivity contribution in [2.45, 2.75) is 25.1 Å². The third-order valence-corrected chi connectivity index (χ3v) is 3.06. The first-order chi connectivity index (χ1) is 9.38. The smallest absolute Gasteiger partial charge is 0.420 e. The second-order valence-electron chi connectivity index (χ2n) is 4.50. The van der Waals surface area contributed by atoms with Crippen LogP contribution in [-0.4, -0.2) is 24.1 Å². The van der Waals surface area contributed by atoms with Crippen molar-refractivity contribution in [3.05, 3.63) is 33.9 Å². The molecule has 0 atom stereocenters. The van der Waals surface area contributed by atoms with Gasteiger partial charge in [0.1, 0.15) is 17.4 Å². The van der Waals surface area contributed by atoms with Gasteiger partial charge in [-0.2, -0.15) is 13.2 Å². The van der Waals surface area contributed by atoms with Gasteiger partial charge in [-0.3, -0.25) is 10.1 Å². The molecule has 1 aromatic rings. The average molecular weight is 290 g/mol. The Morgan fingerprint density at radius 2 is 1.95 bits per heavy atom. The standard InChI is InChI=1S/C12H13F3N2O3/c13-12(14,15)10-7-8(17(18)19)1-2-11(10)20-9-3-5-16-6-4-9/h1-2,7,9,16H,3-6H2. The summed E-state index contributed by atoms with van der Waals surface area (Å²) in [6.07, 6.45) is -3.78. The van der Waals surface area contributed by atoms with Crippen molar-refractivity contribution in [3.63, 3.8) is 0 Å². The summed E-state index contributed by atoms with van der Waals surface area (Å²) in [6.45, 7) is 1.36. The first-order valence-electron chi connectivity index (χ1n) is 6.11. The summed E-state index contributed by atoms with van der Waals surface area (Å²) in [5.41, 5.74) is -1.71. The van der Waals surface area contributed by atoms with Crippen LogP contribution < -0.4 is 10.1 Å². The molecule has 8 heteroatoms. The number of alkyl halides is 3. The van der Waals surface area contributed by atoms with E-state index in [1.807, 2.05) is 0 Å². The fourth-order valence-electron chi connectivity index (χ4n) is 2.05. The molecule has 0 bridgehead atoms. The van der Waals surface area contributed by atoms with E-state index in [1.54, 1.807) is 0 Å². The number of benzene rings is 1. The number of halogens is 3. The summed E-state index contributed by atoms with van der Waals surface area (Å²) in [5, 5.41) is 13.6. The van der Waals surface area contributed by atoms with Gasteiger partial charge in [0.25, 0.3) is 5.69 Å². The van der Waals surface area contributed by atoms with Crippen LogP contribution in [0.5, 0.6) is 5.75 Å². The topological polar surface area (TPSA) is 64.4 Å². The minimum Gasteiger partial charge on any atom is -0.490 e. The molecule has 0 aromatic heterocycles. The fourth-order valence-corrected chi connectivity index (χ4v) is 2.05. The minimum absolute atomic E-state index is 0.307. The van der Waals surface area contributed by atoms with Crippen molar-refractivity contribution in [2.24, 2.45) is 0 Å². The van der Waals surface area contributed by atoms with E-state index in [4.69, 9.17) is 4.74 Å². The number of nitrogens with zero attached hydrogens (tertiary/aromatic N) is 1. The molecule has 1 aromatic carbocycles. The van der Waals surface area contributed by atoms with Crippen molar-refractivity contribution in [1.82, 2.24) is 5.32 Å². The molecule has 1 heterocycles. The first kappa shape index (κ1) is 14.6. The second kappa shape index (κ2) is 5.66. The van der Waals surface area contributed by atoms with Crippen LogP contribution in [0.15, 0.2) is 18.2 Å². The number of hydrogen-bond donors (Lipinski definition) is 1. The Labute approximate surface area is 112 Å². The van der Waals surface area contributed by atoms with Crippen LogP contribution >= 0.6 is 0 Å². The third-order valence-electron chi connectivity index (χ3n) is 3.06. The van der Waals surface area contributed by atoms with Gasteiger partial charge in [-0.05, 0) is 32.0 Å². The zero-order valence-electron chi connectivity index (χ0n) is 10.4. The molecule has 1 aliphatic heterocycles. The molecule has 1 aliphatic rings. The highest BCUT2D eigenvalue weighted by molar-refractivity contribution is 5.45. The molecule has 0 spiro atoms. The summed E-state index contributed by atoms with van der Waals surface area (Å²) in [7, 11) is 0. The highest BCUT2D eigenvalue weighted by Crippen LogP contribution is 2.39. The van der Waals surface area contributed by atoms with Gasteiger partial charge in [-0.1, -0.05) is 0 Å². The maximum absolute atomic E-state index is 12.9. The predicted octanol–water partition coefficient (Wildman–Crippen LogP) is 2.74. The lowest BCUT2D eigenvalue weighted by molar-refractivity contribution is -0.385. The zero-order valence-corrected chi connectivity index (χ0v) is 10.4. The summed E-state index contributed by atoms with van der Waals surface area (Å²) < 4.78 is 44.2. The van der Waals surface area contributed by atoms with Gasteiger partial charge in [0.2, 0.25) is 0 Å². The molecule has 0 saturated carbocycles. The highest BCUT2D eigenvalue weighted by atomic mass is 19.4. The van der Waals surface area contributed by atoms with Crippen molar-refractivity contribution >= 4 is 5.69 Å². The molecular formula is C12H13F3N2O3. The maximum Gasteiger partial charge on any atom is 0.420 e. The lowest BCUT2D eigenvalue weighted by Crippen LogP contribution is -2.34. The van der Waals surface area contributed by atoms with Crippen LogP contribution in [0.25, 0.3) is 0 Å². The quantitative estimate of drug-likeness (QED) is 0.686. The molecule has 0 unspecified atom stereocenters. The maximum atomic E-state index is 12.9. The van der Waals surface area contributed by atoms with Crippen LogP contribution in [0.4, 0.5) is 18.9 Å². The number of nitro groups is 1. The van der Waals surface area contributed by atoms with Gasteiger partial charge >= 0.3 is 6.18 Å². The number of ether oxygens (including phenoxy) is 1. The van der Waals surface area contributed by atoms with E-state index in [-0.39, 0.29) is 11.9 Å². The van der Waals surface area contributed by atoms with E-state index in [0.29, 0.717) is 32.0 Å². The van der Waals surface area contributed by atoms with Gasteiger partial charge in [0.05, 0.1) is 4.92 Å². The molecule has 0 amide bonds. The Kier molecular flexibility index (Phi) is 4.12. The van der Waals surface area contributed by atoms with E-state index in [0.717, 1.165) is 12.1 Å². The average Bonchev–Trinajstić information content (AvgIpc) is 2.39. The molecule has 110 valence electrons. The molecule has 2 rings (SSSR count). The highest BCUT2D eigenvalue weighted by Gasteiger charge is 2.36. The number of non-ortho nitro benzene ring substituents is 1. The Morgan fingerprint density at radius 3 is 2.50 bits per heavy atom. The largest absolute Gasteiger partial charge is 0.490 e.